The number of aromatic nitrogens is 4. The van der Waals surface area contributed by atoms with E-state index in [4.69, 9.17) is 16.6 Å². The summed E-state index contributed by atoms with van der Waals surface area (Å²) < 4.78 is 1.57. The van der Waals surface area contributed by atoms with Gasteiger partial charge in [0.25, 0.3) is 5.56 Å². The molecule has 1 unspecified atom stereocenters. The van der Waals surface area contributed by atoms with Crippen LogP contribution in [-0.4, -0.2) is 39.2 Å². The average molecular weight is 383 g/mol. The highest BCUT2D eigenvalue weighted by atomic mass is 35.5. The molecule has 1 aromatic carbocycles. The molecule has 138 valence electrons. The van der Waals surface area contributed by atoms with Gasteiger partial charge in [0.15, 0.2) is 0 Å². The molecule has 1 N–H and O–H groups in total. The number of rotatable bonds is 3. The third kappa shape index (κ3) is 3.70. The maximum Gasteiger partial charge on any atom is 0.255 e. The molecule has 0 saturated carbocycles. The van der Waals surface area contributed by atoms with Crippen molar-refractivity contribution < 1.29 is 0 Å². The van der Waals surface area contributed by atoms with E-state index in [1.165, 1.54) is 12.4 Å². The van der Waals surface area contributed by atoms with Gasteiger partial charge >= 0.3 is 0 Å². The fourth-order valence-corrected chi connectivity index (χ4v) is 3.46. The number of hydrogen-bond acceptors (Lipinski definition) is 6. The molecular weight excluding hydrogens is 364 g/mol. The van der Waals surface area contributed by atoms with Crippen molar-refractivity contribution in [2.75, 3.05) is 24.5 Å². The van der Waals surface area contributed by atoms with Crippen LogP contribution in [0.15, 0.2) is 53.7 Å². The Morgan fingerprint density at radius 3 is 2.89 bits per heavy atom. The first-order chi connectivity index (χ1) is 13.1. The Morgan fingerprint density at radius 1 is 1.22 bits per heavy atom. The topological polar surface area (TPSA) is 75.9 Å². The summed E-state index contributed by atoms with van der Waals surface area (Å²) in [5, 5.41) is 4.22. The lowest BCUT2D eigenvalue weighted by Gasteiger charge is -2.35. The van der Waals surface area contributed by atoms with E-state index in [0.717, 1.165) is 18.7 Å². The van der Waals surface area contributed by atoms with E-state index in [0.29, 0.717) is 28.9 Å². The molecule has 1 aliphatic heterocycles. The van der Waals surface area contributed by atoms with Crippen LogP contribution in [-0.2, 0) is 7.05 Å². The molecule has 0 spiro atoms. The largest absolute Gasteiger partial charge is 0.339 e. The summed E-state index contributed by atoms with van der Waals surface area (Å²) in [6.07, 6.45) is 3.09. The maximum absolute atomic E-state index is 12.5. The standard InChI is InChI=1S/C19H19ClN6O/c1-25-18(27)10-16(15-5-6-21-12-23-15)24-19(25)26-8-7-22-17(11-26)13-3-2-4-14(20)9-13/h2-6,9-10,12,17,22H,7-8,11H2,1H3. The molecule has 1 saturated heterocycles. The van der Waals surface area contributed by atoms with Crippen molar-refractivity contribution in [2.45, 2.75) is 6.04 Å². The third-order valence-electron chi connectivity index (χ3n) is 4.66. The molecule has 2 aromatic heterocycles. The fraction of sp³-hybridized carbons (Fsp3) is 0.263. The molecule has 3 heterocycles. The second-order valence-electron chi connectivity index (χ2n) is 6.44. The van der Waals surface area contributed by atoms with Gasteiger partial charge in [0.2, 0.25) is 5.95 Å². The summed E-state index contributed by atoms with van der Waals surface area (Å²) in [7, 11) is 1.74. The van der Waals surface area contributed by atoms with Crippen LogP contribution in [0.25, 0.3) is 11.4 Å². The summed E-state index contributed by atoms with van der Waals surface area (Å²) in [5.41, 5.74) is 2.18. The van der Waals surface area contributed by atoms with E-state index in [2.05, 4.69) is 26.3 Å². The first-order valence-electron chi connectivity index (χ1n) is 8.70. The molecule has 0 radical (unpaired) electrons. The van der Waals surface area contributed by atoms with Gasteiger partial charge in [0.05, 0.1) is 17.4 Å². The lowest BCUT2D eigenvalue weighted by molar-refractivity contribution is 0.462. The fourth-order valence-electron chi connectivity index (χ4n) is 3.26. The molecular formula is C19H19ClN6O. The Hall–Kier alpha value is -2.77. The quantitative estimate of drug-likeness (QED) is 0.747. The number of piperazine rings is 1. The lowest BCUT2D eigenvalue weighted by atomic mass is 10.0. The zero-order valence-electron chi connectivity index (χ0n) is 14.8. The van der Waals surface area contributed by atoms with Crippen LogP contribution in [0.3, 0.4) is 0 Å². The summed E-state index contributed by atoms with van der Waals surface area (Å²) in [5.74, 6) is 0.629. The van der Waals surface area contributed by atoms with Crippen LogP contribution in [0.4, 0.5) is 5.95 Å². The predicted molar refractivity (Wildman–Crippen MR) is 105 cm³/mol. The van der Waals surface area contributed by atoms with Crippen LogP contribution in [0.1, 0.15) is 11.6 Å². The number of nitrogens with one attached hydrogen (secondary N) is 1. The molecule has 8 heteroatoms. The van der Waals surface area contributed by atoms with Crippen molar-refractivity contribution in [3.8, 4) is 11.4 Å². The number of nitrogens with zero attached hydrogens (tertiary/aromatic N) is 5. The second-order valence-corrected chi connectivity index (χ2v) is 6.88. The minimum Gasteiger partial charge on any atom is -0.339 e. The Morgan fingerprint density at radius 2 is 2.11 bits per heavy atom. The van der Waals surface area contributed by atoms with Crippen molar-refractivity contribution in [1.29, 1.82) is 0 Å². The highest BCUT2D eigenvalue weighted by Gasteiger charge is 2.24. The van der Waals surface area contributed by atoms with Gasteiger partial charge in [-0.2, -0.15) is 0 Å². The molecule has 4 rings (SSSR count). The number of hydrogen-bond donors (Lipinski definition) is 1. The zero-order valence-corrected chi connectivity index (χ0v) is 15.6. The average Bonchev–Trinajstić information content (AvgIpc) is 2.71. The molecule has 27 heavy (non-hydrogen) atoms. The highest BCUT2D eigenvalue weighted by molar-refractivity contribution is 6.30. The van der Waals surface area contributed by atoms with Crippen LogP contribution >= 0.6 is 11.6 Å². The Labute approximate surface area is 161 Å². The second kappa shape index (κ2) is 7.46. The summed E-state index contributed by atoms with van der Waals surface area (Å²) in [6.45, 7) is 2.23. The summed E-state index contributed by atoms with van der Waals surface area (Å²) in [4.78, 5) is 27.5. The SMILES string of the molecule is Cn1c(N2CCNC(c3cccc(Cl)c3)C2)nc(-c2ccncn2)cc1=O. The maximum atomic E-state index is 12.5. The minimum atomic E-state index is -0.119. The van der Waals surface area contributed by atoms with Crippen LogP contribution in [0, 0.1) is 0 Å². The van der Waals surface area contributed by atoms with Crippen molar-refractivity contribution in [2.24, 2.45) is 7.05 Å². The van der Waals surface area contributed by atoms with E-state index in [1.54, 1.807) is 23.9 Å². The first kappa shape index (κ1) is 17.6. The van der Waals surface area contributed by atoms with Gasteiger partial charge in [-0.3, -0.25) is 9.36 Å². The molecule has 7 nitrogen and oxygen atoms in total. The Balaban J connectivity index is 1.68. The van der Waals surface area contributed by atoms with E-state index in [9.17, 15) is 4.79 Å². The zero-order chi connectivity index (χ0) is 18.8. The lowest BCUT2D eigenvalue weighted by Crippen LogP contribution is -2.47. The smallest absolute Gasteiger partial charge is 0.255 e. The third-order valence-corrected chi connectivity index (χ3v) is 4.90. The Bertz CT molecular complexity index is 1010. The van der Waals surface area contributed by atoms with E-state index >= 15 is 0 Å². The van der Waals surface area contributed by atoms with E-state index in [-0.39, 0.29) is 11.6 Å². The highest BCUT2D eigenvalue weighted by Crippen LogP contribution is 2.24. The molecule has 3 aromatic rings. The molecule has 0 aliphatic carbocycles. The molecule has 1 atom stereocenters. The monoisotopic (exact) mass is 382 g/mol. The molecule has 0 bridgehead atoms. The van der Waals surface area contributed by atoms with E-state index in [1.807, 2.05) is 18.2 Å². The summed E-state index contributed by atoms with van der Waals surface area (Å²) in [6, 6.07) is 11.2. The van der Waals surface area contributed by atoms with Gasteiger partial charge in [-0.05, 0) is 23.8 Å². The first-order valence-corrected chi connectivity index (χ1v) is 9.08. The number of benzene rings is 1. The van der Waals surface area contributed by atoms with Gasteiger partial charge in [-0.15, -0.1) is 0 Å². The van der Waals surface area contributed by atoms with Crippen molar-refractivity contribution >= 4 is 17.5 Å². The number of anilines is 1. The van der Waals surface area contributed by atoms with Crippen molar-refractivity contribution in [1.82, 2.24) is 24.8 Å². The van der Waals surface area contributed by atoms with Gasteiger partial charge in [-0.1, -0.05) is 23.7 Å². The van der Waals surface area contributed by atoms with Gasteiger partial charge in [-0.25, -0.2) is 15.0 Å². The molecule has 1 aliphatic rings. The molecule has 1 fully saturated rings. The van der Waals surface area contributed by atoms with Crippen molar-refractivity contribution in [3.05, 3.63) is 69.9 Å². The van der Waals surface area contributed by atoms with E-state index < -0.39 is 0 Å². The van der Waals surface area contributed by atoms with Gasteiger partial charge in [0, 0.05) is 44.0 Å². The Kier molecular flexibility index (Phi) is 4.87. The normalized spacial score (nSPS) is 17.1. The predicted octanol–water partition coefficient (Wildman–Crippen LogP) is 2.04. The van der Waals surface area contributed by atoms with Gasteiger partial charge in [0.1, 0.15) is 6.33 Å². The van der Waals surface area contributed by atoms with Crippen LogP contribution in [0.5, 0.6) is 0 Å². The summed E-state index contributed by atoms with van der Waals surface area (Å²) >= 11 is 6.14. The van der Waals surface area contributed by atoms with Crippen molar-refractivity contribution in [3.63, 3.8) is 0 Å². The molecule has 0 amide bonds. The number of halogens is 1. The van der Waals surface area contributed by atoms with Crippen LogP contribution < -0.4 is 15.8 Å². The van der Waals surface area contributed by atoms with Crippen LogP contribution in [0.2, 0.25) is 5.02 Å². The van der Waals surface area contributed by atoms with Gasteiger partial charge < -0.3 is 10.2 Å². The minimum absolute atomic E-state index is 0.108.